The number of H-pyrrole nitrogens is 1. The molecule has 1 aromatic rings. The van der Waals surface area contributed by atoms with Gasteiger partial charge in [0.1, 0.15) is 0 Å². The molecule has 1 aromatic heterocycles. The predicted octanol–water partition coefficient (Wildman–Crippen LogP) is 0.576. The SMILES string of the molecule is O=C(O)C1C2C=CC(C2)C1C(=O)NCc1csc(=O)[nH]1. The van der Waals surface area contributed by atoms with Crippen LogP contribution in [-0.4, -0.2) is 22.0 Å². The summed E-state index contributed by atoms with van der Waals surface area (Å²) in [7, 11) is 0. The number of nitrogens with one attached hydrogen (secondary N) is 2. The summed E-state index contributed by atoms with van der Waals surface area (Å²) < 4.78 is 0. The van der Waals surface area contributed by atoms with Gasteiger partial charge in [-0.15, -0.1) is 0 Å². The molecule has 1 amide bonds. The average molecular weight is 294 g/mol. The minimum absolute atomic E-state index is 0.0163. The number of carboxylic acids is 1. The van der Waals surface area contributed by atoms with E-state index in [4.69, 9.17) is 0 Å². The molecule has 7 heteroatoms. The Morgan fingerprint density at radius 2 is 2.05 bits per heavy atom. The molecule has 1 saturated carbocycles. The number of aliphatic carboxylic acids is 1. The second kappa shape index (κ2) is 4.90. The standard InChI is InChI=1S/C13H14N2O4S/c16-11(14-4-8-5-20-13(19)15-8)9-6-1-2-7(3-6)10(9)12(17)18/h1-2,5-7,9-10H,3-4H2,(H,14,16)(H,15,19)(H,17,18). The summed E-state index contributed by atoms with van der Waals surface area (Å²) in [5, 5.41) is 13.7. The number of aromatic nitrogens is 1. The molecule has 3 rings (SSSR count). The molecule has 4 atom stereocenters. The molecule has 1 fully saturated rings. The Morgan fingerprint density at radius 3 is 2.65 bits per heavy atom. The lowest BCUT2D eigenvalue weighted by Crippen LogP contribution is -2.40. The number of carboxylic acid groups (broad SMARTS) is 1. The van der Waals surface area contributed by atoms with Crippen molar-refractivity contribution in [1.82, 2.24) is 10.3 Å². The molecule has 0 spiro atoms. The highest BCUT2D eigenvalue weighted by atomic mass is 32.1. The maximum absolute atomic E-state index is 12.2. The van der Waals surface area contributed by atoms with Gasteiger partial charge in [-0.1, -0.05) is 23.5 Å². The van der Waals surface area contributed by atoms with Crippen LogP contribution in [-0.2, 0) is 16.1 Å². The number of hydrogen-bond acceptors (Lipinski definition) is 4. The summed E-state index contributed by atoms with van der Waals surface area (Å²) in [6, 6.07) is 0. The first-order valence-corrected chi connectivity index (χ1v) is 7.30. The van der Waals surface area contributed by atoms with Gasteiger partial charge in [-0.05, 0) is 18.3 Å². The van der Waals surface area contributed by atoms with Gasteiger partial charge in [0.15, 0.2) is 0 Å². The fourth-order valence-electron chi connectivity index (χ4n) is 3.22. The highest BCUT2D eigenvalue weighted by molar-refractivity contribution is 7.07. The monoisotopic (exact) mass is 294 g/mol. The van der Waals surface area contributed by atoms with Crippen molar-refractivity contribution in [1.29, 1.82) is 0 Å². The van der Waals surface area contributed by atoms with E-state index in [1.165, 1.54) is 0 Å². The van der Waals surface area contributed by atoms with Crippen molar-refractivity contribution >= 4 is 23.2 Å². The molecule has 4 unspecified atom stereocenters. The lowest BCUT2D eigenvalue weighted by Gasteiger charge is -2.23. The van der Waals surface area contributed by atoms with Crippen molar-refractivity contribution < 1.29 is 14.7 Å². The molecular formula is C13H14N2O4S. The Hall–Kier alpha value is -1.89. The third kappa shape index (κ3) is 2.18. The Balaban J connectivity index is 1.69. The summed E-state index contributed by atoms with van der Waals surface area (Å²) in [4.78, 5) is 37.0. The summed E-state index contributed by atoms with van der Waals surface area (Å²) in [5.74, 6) is -2.32. The molecule has 0 saturated heterocycles. The van der Waals surface area contributed by atoms with Crippen LogP contribution in [0, 0.1) is 23.7 Å². The van der Waals surface area contributed by atoms with Crippen LogP contribution in [0.25, 0.3) is 0 Å². The summed E-state index contributed by atoms with van der Waals surface area (Å²) in [6.07, 6.45) is 4.59. The highest BCUT2D eigenvalue weighted by Gasteiger charge is 2.51. The summed E-state index contributed by atoms with van der Waals surface area (Å²) in [6.45, 7) is 0.224. The van der Waals surface area contributed by atoms with Crippen molar-refractivity contribution in [3.63, 3.8) is 0 Å². The maximum atomic E-state index is 12.2. The van der Waals surface area contributed by atoms with Crippen molar-refractivity contribution in [2.24, 2.45) is 23.7 Å². The van der Waals surface area contributed by atoms with Gasteiger partial charge >= 0.3 is 10.8 Å². The fourth-order valence-corrected chi connectivity index (χ4v) is 3.80. The number of rotatable bonds is 4. The Morgan fingerprint density at radius 1 is 1.35 bits per heavy atom. The summed E-state index contributed by atoms with van der Waals surface area (Å²) in [5.41, 5.74) is 0.638. The Bertz CT molecular complexity index is 632. The van der Waals surface area contributed by atoms with Crippen molar-refractivity contribution in [2.75, 3.05) is 0 Å². The van der Waals surface area contributed by atoms with Gasteiger partial charge in [0, 0.05) is 11.1 Å². The van der Waals surface area contributed by atoms with E-state index in [1.54, 1.807) is 5.38 Å². The number of amides is 1. The van der Waals surface area contributed by atoms with E-state index in [9.17, 15) is 19.5 Å². The predicted molar refractivity (Wildman–Crippen MR) is 72.1 cm³/mol. The molecule has 0 aliphatic heterocycles. The quantitative estimate of drug-likeness (QED) is 0.707. The van der Waals surface area contributed by atoms with Crippen LogP contribution in [0.5, 0.6) is 0 Å². The zero-order valence-electron chi connectivity index (χ0n) is 10.5. The molecule has 2 bridgehead atoms. The minimum Gasteiger partial charge on any atom is -0.481 e. The number of carbonyl (C=O) groups is 2. The second-order valence-electron chi connectivity index (χ2n) is 5.23. The minimum atomic E-state index is -0.911. The Kier molecular flexibility index (Phi) is 3.21. The third-order valence-corrected chi connectivity index (χ3v) is 4.79. The molecule has 0 aromatic carbocycles. The zero-order valence-corrected chi connectivity index (χ0v) is 11.4. The van der Waals surface area contributed by atoms with E-state index in [-0.39, 0.29) is 29.2 Å². The van der Waals surface area contributed by atoms with Crippen LogP contribution < -0.4 is 10.2 Å². The number of thiazole rings is 1. The molecule has 1 heterocycles. The highest BCUT2D eigenvalue weighted by Crippen LogP contribution is 2.48. The van der Waals surface area contributed by atoms with E-state index in [0.29, 0.717) is 5.69 Å². The lowest BCUT2D eigenvalue weighted by atomic mass is 9.82. The molecule has 2 aliphatic rings. The number of allylic oxidation sites excluding steroid dienone is 2. The molecule has 6 nitrogen and oxygen atoms in total. The van der Waals surface area contributed by atoms with Crippen LogP contribution in [0.2, 0.25) is 0 Å². The van der Waals surface area contributed by atoms with Crippen LogP contribution in [0.4, 0.5) is 0 Å². The molecule has 106 valence electrons. The first-order valence-electron chi connectivity index (χ1n) is 6.42. The third-order valence-electron chi connectivity index (χ3n) is 4.07. The number of hydrogen-bond donors (Lipinski definition) is 3. The molecule has 0 radical (unpaired) electrons. The van der Waals surface area contributed by atoms with E-state index < -0.39 is 17.8 Å². The molecular weight excluding hydrogens is 280 g/mol. The summed E-state index contributed by atoms with van der Waals surface area (Å²) >= 11 is 1.04. The van der Waals surface area contributed by atoms with Gasteiger partial charge in [-0.25, -0.2) is 0 Å². The molecule has 2 aliphatic carbocycles. The van der Waals surface area contributed by atoms with E-state index in [1.807, 2.05) is 12.2 Å². The number of aromatic amines is 1. The van der Waals surface area contributed by atoms with E-state index >= 15 is 0 Å². The largest absolute Gasteiger partial charge is 0.481 e. The zero-order chi connectivity index (χ0) is 14.3. The smallest absolute Gasteiger partial charge is 0.307 e. The van der Waals surface area contributed by atoms with Gasteiger partial charge in [0.05, 0.1) is 18.4 Å². The number of carbonyl (C=O) groups excluding carboxylic acids is 1. The van der Waals surface area contributed by atoms with Crippen LogP contribution in [0.3, 0.4) is 0 Å². The number of fused-ring (bicyclic) bond motifs is 2. The molecule has 3 N–H and O–H groups in total. The maximum Gasteiger partial charge on any atom is 0.307 e. The van der Waals surface area contributed by atoms with Gasteiger partial charge in [0.2, 0.25) is 5.91 Å². The normalized spacial score (nSPS) is 30.6. The van der Waals surface area contributed by atoms with Gasteiger partial charge < -0.3 is 15.4 Å². The van der Waals surface area contributed by atoms with Gasteiger partial charge in [-0.2, -0.15) is 0 Å². The van der Waals surface area contributed by atoms with Crippen LogP contribution in [0.15, 0.2) is 22.3 Å². The van der Waals surface area contributed by atoms with Crippen LogP contribution >= 0.6 is 11.3 Å². The van der Waals surface area contributed by atoms with Crippen molar-refractivity contribution in [3.8, 4) is 0 Å². The van der Waals surface area contributed by atoms with Gasteiger partial charge in [-0.3, -0.25) is 14.4 Å². The van der Waals surface area contributed by atoms with E-state index in [2.05, 4.69) is 10.3 Å². The topological polar surface area (TPSA) is 99.3 Å². The molecule has 20 heavy (non-hydrogen) atoms. The average Bonchev–Trinajstić information content (AvgIpc) is 3.10. The second-order valence-corrected chi connectivity index (χ2v) is 6.07. The van der Waals surface area contributed by atoms with Gasteiger partial charge in [0.25, 0.3) is 0 Å². The fraction of sp³-hybridized carbons (Fsp3) is 0.462. The lowest BCUT2D eigenvalue weighted by molar-refractivity contribution is -0.147. The van der Waals surface area contributed by atoms with Crippen LogP contribution in [0.1, 0.15) is 12.1 Å². The van der Waals surface area contributed by atoms with Crippen molar-refractivity contribution in [2.45, 2.75) is 13.0 Å². The first-order chi connectivity index (χ1) is 9.56. The van der Waals surface area contributed by atoms with Crippen molar-refractivity contribution in [3.05, 3.63) is 32.9 Å². The first kappa shape index (κ1) is 13.1. The van der Waals surface area contributed by atoms with E-state index in [0.717, 1.165) is 17.8 Å². The Labute approximate surface area is 118 Å².